The number of benzene rings is 1. The first kappa shape index (κ1) is 15.9. The molecule has 1 amide bonds. The molecule has 0 radical (unpaired) electrons. The molecule has 1 atom stereocenters. The molecule has 106 valence electrons. The van der Waals surface area contributed by atoms with E-state index >= 15 is 0 Å². The zero-order valence-electron chi connectivity index (χ0n) is 11.2. The van der Waals surface area contributed by atoms with Crippen LogP contribution in [0.4, 0.5) is 4.39 Å². The maximum absolute atomic E-state index is 12.9. The maximum Gasteiger partial charge on any atom is 0.232 e. The van der Waals surface area contributed by atoms with Crippen LogP contribution >= 0.6 is 12.4 Å². The molecule has 1 heterocycles. The Kier molecular flexibility index (Phi) is 4.93. The van der Waals surface area contributed by atoms with E-state index < -0.39 is 5.41 Å². The zero-order valence-corrected chi connectivity index (χ0v) is 12.0. The van der Waals surface area contributed by atoms with E-state index in [1.54, 1.807) is 17.0 Å². The van der Waals surface area contributed by atoms with Gasteiger partial charge >= 0.3 is 0 Å². The van der Waals surface area contributed by atoms with Gasteiger partial charge in [-0.3, -0.25) is 4.79 Å². The van der Waals surface area contributed by atoms with Crippen LogP contribution in [0, 0.1) is 5.82 Å². The minimum absolute atomic E-state index is 0. The van der Waals surface area contributed by atoms with Crippen molar-refractivity contribution in [1.82, 2.24) is 4.90 Å². The smallest absolute Gasteiger partial charge is 0.232 e. The first-order chi connectivity index (χ1) is 8.41. The number of halogens is 2. The SMILES string of the molecule is CC(C)(C(=O)N1CC[C@@H](N)C1)c1ccc(F)cc1.Cl. The molecule has 1 aliphatic heterocycles. The fourth-order valence-corrected chi connectivity index (χ4v) is 2.36. The van der Waals surface area contributed by atoms with Gasteiger partial charge in [-0.15, -0.1) is 12.4 Å². The number of carbonyl (C=O) groups is 1. The second-order valence-electron chi connectivity index (χ2n) is 5.43. The molecule has 19 heavy (non-hydrogen) atoms. The van der Waals surface area contributed by atoms with E-state index in [-0.39, 0.29) is 30.2 Å². The standard InChI is InChI=1S/C14H19FN2O.ClH/c1-14(2,10-3-5-11(15)6-4-10)13(18)17-8-7-12(16)9-17;/h3-6,12H,7-9,16H2,1-2H3;1H/t12-;/m1./s1. The average Bonchev–Trinajstić information content (AvgIpc) is 2.75. The predicted molar refractivity (Wildman–Crippen MR) is 75.8 cm³/mol. The summed E-state index contributed by atoms with van der Waals surface area (Å²) < 4.78 is 12.9. The first-order valence-electron chi connectivity index (χ1n) is 6.22. The van der Waals surface area contributed by atoms with Crippen molar-refractivity contribution in [1.29, 1.82) is 0 Å². The highest BCUT2D eigenvalue weighted by atomic mass is 35.5. The quantitative estimate of drug-likeness (QED) is 0.905. The first-order valence-corrected chi connectivity index (χ1v) is 6.22. The molecule has 3 nitrogen and oxygen atoms in total. The number of nitrogens with zero attached hydrogens (tertiary/aromatic N) is 1. The van der Waals surface area contributed by atoms with Gasteiger partial charge in [0.15, 0.2) is 0 Å². The van der Waals surface area contributed by atoms with Crippen LogP contribution in [0.25, 0.3) is 0 Å². The normalized spacial score (nSPS) is 19.2. The minimum Gasteiger partial charge on any atom is -0.340 e. The second-order valence-corrected chi connectivity index (χ2v) is 5.43. The van der Waals surface area contributed by atoms with E-state index in [9.17, 15) is 9.18 Å². The van der Waals surface area contributed by atoms with Crippen LogP contribution in [0.1, 0.15) is 25.8 Å². The van der Waals surface area contributed by atoms with Crippen LogP contribution in [-0.2, 0) is 10.2 Å². The Morgan fingerprint density at radius 1 is 1.37 bits per heavy atom. The fourth-order valence-electron chi connectivity index (χ4n) is 2.36. The maximum atomic E-state index is 12.9. The van der Waals surface area contributed by atoms with Gasteiger partial charge in [0.2, 0.25) is 5.91 Å². The third kappa shape index (κ3) is 3.25. The summed E-state index contributed by atoms with van der Waals surface area (Å²) in [5, 5.41) is 0. The molecule has 0 unspecified atom stereocenters. The molecule has 2 rings (SSSR count). The number of hydrogen-bond donors (Lipinski definition) is 1. The highest BCUT2D eigenvalue weighted by molar-refractivity contribution is 5.87. The number of likely N-dealkylation sites (tertiary alicyclic amines) is 1. The Hall–Kier alpha value is -1.13. The zero-order chi connectivity index (χ0) is 13.3. The average molecular weight is 287 g/mol. The van der Waals surface area contributed by atoms with Crippen molar-refractivity contribution in [3.05, 3.63) is 35.6 Å². The fraction of sp³-hybridized carbons (Fsp3) is 0.500. The Balaban J connectivity index is 0.00000180. The summed E-state index contributed by atoms with van der Waals surface area (Å²) in [6, 6.07) is 6.20. The van der Waals surface area contributed by atoms with Gasteiger partial charge in [0, 0.05) is 19.1 Å². The minimum atomic E-state index is -0.641. The van der Waals surface area contributed by atoms with E-state index in [1.807, 2.05) is 13.8 Å². The third-order valence-corrected chi connectivity index (χ3v) is 3.61. The summed E-state index contributed by atoms with van der Waals surface area (Å²) >= 11 is 0. The summed E-state index contributed by atoms with van der Waals surface area (Å²) in [7, 11) is 0. The van der Waals surface area contributed by atoms with Crippen molar-refractivity contribution in [2.75, 3.05) is 13.1 Å². The molecule has 1 saturated heterocycles. The summed E-state index contributed by atoms with van der Waals surface area (Å²) in [6.45, 7) is 5.06. The predicted octanol–water partition coefficient (Wildman–Crippen LogP) is 2.08. The highest BCUT2D eigenvalue weighted by Gasteiger charge is 2.36. The number of carbonyl (C=O) groups excluding carboxylic acids is 1. The molecule has 0 aliphatic carbocycles. The molecule has 0 spiro atoms. The number of hydrogen-bond acceptors (Lipinski definition) is 2. The lowest BCUT2D eigenvalue weighted by Crippen LogP contribution is -2.43. The number of rotatable bonds is 2. The number of amides is 1. The lowest BCUT2D eigenvalue weighted by atomic mass is 9.83. The van der Waals surface area contributed by atoms with Crippen LogP contribution in [0.5, 0.6) is 0 Å². The molecule has 1 aromatic rings. The van der Waals surface area contributed by atoms with Gasteiger partial charge in [-0.25, -0.2) is 4.39 Å². The van der Waals surface area contributed by atoms with Crippen LogP contribution in [0.3, 0.4) is 0 Å². The van der Waals surface area contributed by atoms with Crippen LogP contribution in [0.15, 0.2) is 24.3 Å². The molecule has 1 aliphatic rings. The van der Waals surface area contributed by atoms with E-state index in [0.29, 0.717) is 13.1 Å². The topological polar surface area (TPSA) is 46.3 Å². The summed E-state index contributed by atoms with van der Waals surface area (Å²) in [5.74, 6) is -0.229. The van der Waals surface area contributed by atoms with Crippen LogP contribution in [-0.4, -0.2) is 29.9 Å². The van der Waals surface area contributed by atoms with Gasteiger partial charge in [0.1, 0.15) is 5.82 Å². The highest BCUT2D eigenvalue weighted by Crippen LogP contribution is 2.27. The van der Waals surface area contributed by atoms with E-state index in [2.05, 4.69) is 0 Å². The van der Waals surface area contributed by atoms with Crippen LogP contribution < -0.4 is 5.73 Å². The van der Waals surface area contributed by atoms with Gasteiger partial charge in [0.05, 0.1) is 5.41 Å². The Morgan fingerprint density at radius 3 is 2.42 bits per heavy atom. The summed E-state index contributed by atoms with van der Waals surface area (Å²) in [5.41, 5.74) is 6.01. The Labute approximate surface area is 119 Å². The molecular formula is C14H20ClFN2O. The summed E-state index contributed by atoms with van der Waals surface area (Å²) in [6.07, 6.45) is 0.852. The largest absolute Gasteiger partial charge is 0.340 e. The van der Waals surface area contributed by atoms with Crippen LogP contribution in [0.2, 0.25) is 0 Å². The van der Waals surface area contributed by atoms with E-state index in [0.717, 1.165) is 12.0 Å². The molecule has 0 saturated carbocycles. The summed E-state index contributed by atoms with van der Waals surface area (Å²) in [4.78, 5) is 14.3. The molecule has 0 bridgehead atoms. The lowest BCUT2D eigenvalue weighted by molar-refractivity contribution is -0.135. The molecular weight excluding hydrogens is 267 g/mol. The molecule has 1 aromatic carbocycles. The molecule has 5 heteroatoms. The number of nitrogens with two attached hydrogens (primary N) is 1. The van der Waals surface area contributed by atoms with Crippen molar-refractivity contribution in [2.45, 2.75) is 31.7 Å². The van der Waals surface area contributed by atoms with Gasteiger partial charge in [-0.2, -0.15) is 0 Å². The second kappa shape index (κ2) is 5.88. The van der Waals surface area contributed by atoms with Gasteiger partial charge in [-0.1, -0.05) is 12.1 Å². The molecule has 1 fully saturated rings. The molecule has 2 N–H and O–H groups in total. The Morgan fingerprint density at radius 2 is 1.95 bits per heavy atom. The third-order valence-electron chi connectivity index (χ3n) is 3.61. The van der Waals surface area contributed by atoms with Crippen molar-refractivity contribution < 1.29 is 9.18 Å². The van der Waals surface area contributed by atoms with E-state index in [4.69, 9.17) is 5.73 Å². The lowest BCUT2D eigenvalue weighted by Gasteiger charge is -2.29. The van der Waals surface area contributed by atoms with Crippen molar-refractivity contribution in [3.8, 4) is 0 Å². The molecule has 0 aromatic heterocycles. The van der Waals surface area contributed by atoms with Gasteiger partial charge < -0.3 is 10.6 Å². The van der Waals surface area contributed by atoms with Crippen molar-refractivity contribution in [2.24, 2.45) is 5.73 Å². The van der Waals surface area contributed by atoms with E-state index in [1.165, 1.54) is 12.1 Å². The van der Waals surface area contributed by atoms with Crippen molar-refractivity contribution in [3.63, 3.8) is 0 Å². The van der Waals surface area contributed by atoms with Gasteiger partial charge in [0.25, 0.3) is 0 Å². The Bertz CT molecular complexity index is 447. The monoisotopic (exact) mass is 286 g/mol. The van der Waals surface area contributed by atoms with Gasteiger partial charge in [-0.05, 0) is 38.0 Å². The van der Waals surface area contributed by atoms with Crippen molar-refractivity contribution >= 4 is 18.3 Å².